The molecular formula is C23H33N3O4. The number of benzene rings is 1. The smallest absolute Gasteiger partial charge is 0.408 e. The Morgan fingerprint density at radius 1 is 1.00 bits per heavy atom. The first-order valence-electron chi connectivity index (χ1n) is 10.9. The van der Waals surface area contributed by atoms with Gasteiger partial charge in [0.1, 0.15) is 0 Å². The van der Waals surface area contributed by atoms with Crippen LogP contribution in [-0.4, -0.2) is 40.9 Å². The number of aromatic nitrogens is 1. The highest BCUT2D eigenvalue weighted by molar-refractivity contribution is 5.98. The van der Waals surface area contributed by atoms with Crippen LogP contribution < -0.4 is 11.1 Å². The summed E-state index contributed by atoms with van der Waals surface area (Å²) in [4.78, 5) is 37.3. The molecule has 0 saturated carbocycles. The van der Waals surface area contributed by atoms with Crippen molar-refractivity contribution in [2.45, 2.75) is 58.8 Å². The lowest BCUT2D eigenvalue weighted by molar-refractivity contribution is -0.152. The van der Waals surface area contributed by atoms with Gasteiger partial charge in [-0.3, -0.25) is 19.1 Å². The number of rotatable bonds is 10. The first kappa shape index (κ1) is 22.3. The lowest BCUT2D eigenvalue weighted by Crippen LogP contribution is -2.46. The largest absolute Gasteiger partial charge is 0.419 e. The number of likely N-dealkylation sites (tertiary alicyclic amines) is 1. The van der Waals surface area contributed by atoms with Gasteiger partial charge in [-0.25, -0.2) is 4.79 Å². The molecule has 2 aromatic rings. The first-order valence-corrected chi connectivity index (χ1v) is 10.9. The molecule has 164 valence electrons. The zero-order valence-electron chi connectivity index (χ0n) is 18.3. The summed E-state index contributed by atoms with van der Waals surface area (Å²) in [7, 11) is 1.71. The number of fused-ring (bicyclic) bond motifs is 1. The molecular weight excluding hydrogens is 382 g/mol. The minimum Gasteiger partial charge on any atom is -0.408 e. The van der Waals surface area contributed by atoms with Crippen LogP contribution in [0.4, 0.5) is 0 Å². The number of aryl methyl sites for hydroxylation is 2. The van der Waals surface area contributed by atoms with E-state index in [0.717, 1.165) is 50.7 Å². The van der Waals surface area contributed by atoms with Crippen LogP contribution in [0.25, 0.3) is 11.1 Å². The van der Waals surface area contributed by atoms with Crippen molar-refractivity contribution in [1.29, 1.82) is 0 Å². The maximum absolute atomic E-state index is 12.1. The lowest BCUT2D eigenvalue weighted by atomic mass is 9.82. The monoisotopic (exact) mass is 415 g/mol. The maximum atomic E-state index is 12.1. The van der Waals surface area contributed by atoms with E-state index in [1.165, 1.54) is 15.0 Å². The summed E-state index contributed by atoms with van der Waals surface area (Å²) in [6.07, 6.45) is 5.78. The van der Waals surface area contributed by atoms with Gasteiger partial charge < -0.3 is 9.73 Å². The van der Waals surface area contributed by atoms with Crippen molar-refractivity contribution in [2.24, 2.45) is 12.5 Å². The van der Waals surface area contributed by atoms with Gasteiger partial charge in [0, 0.05) is 26.4 Å². The van der Waals surface area contributed by atoms with Crippen LogP contribution in [0.5, 0.6) is 0 Å². The van der Waals surface area contributed by atoms with Crippen molar-refractivity contribution in [3.05, 3.63) is 34.3 Å². The third kappa shape index (κ3) is 5.59. The summed E-state index contributed by atoms with van der Waals surface area (Å²) < 4.78 is 6.75. The molecule has 7 heteroatoms. The Bertz CT molecular complexity index is 937. The van der Waals surface area contributed by atoms with Crippen LogP contribution in [0, 0.1) is 5.41 Å². The number of hydrogen-bond acceptors (Lipinski definition) is 5. The van der Waals surface area contributed by atoms with Gasteiger partial charge in [0.25, 0.3) is 0 Å². The predicted octanol–water partition coefficient (Wildman–Crippen LogP) is 3.00. The zero-order valence-corrected chi connectivity index (χ0v) is 18.3. The summed E-state index contributed by atoms with van der Waals surface area (Å²) in [6, 6.07) is 5.94. The molecule has 3 rings (SSSR count). The number of hydrogen-bond donors (Lipinski definition) is 1. The third-order valence-electron chi connectivity index (χ3n) is 5.77. The number of imide groups is 1. The van der Waals surface area contributed by atoms with Crippen molar-refractivity contribution in [3.63, 3.8) is 0 Å². The average molecular weight is 416 g/mol. The molecule has 1 aliphatic heterocycles. The SMILES string of the molecule is Cn1c(=O)oc2cc(CCCCNCCCCN3C(=O)CC(C)(C)CC3=O)ccc21. The molecule has 0 spiro atoms. The number of carbonyl (C=O) groups is 2. The van der Waals surface area contributed by atoms with E-state index in [-0.39, 0.29) is 23.0 Å². The molecule has 7 nitrogen and oxygen atoms in total. The van der Waals surface area contributed by atoms with E-state index in [9.17, 15) is 14.4 Å². The summed E-state index contributed by atoms with van der Waals surface area (Å²) in [6.45, 7) is 6.32. The van der Waals surface area contributed by atoms with Crippen molar-refractivity contribution in [1.82, 2.24) is 14.8 Å². The van der Waals surface area contributed by atoms with E-state index in [2.05, 4.69) is 11.4 Å². The van der Waals surface area contributed by atoms with Crippen LogP contribution in [0.3, 0.4) is 0 Å². The Hall–Kier alpha value is -2.41. The van der Waals surface area contributed by atoms with Crippen molar-refractivity contribution in [3.8, 4) is 0 Å². The quantitative estimate of drug-likeness (QED) is 0.476. The molecule has 2 heterocycles. The number of nitrogens with one attached hydrogen (secondary N) is 1. The van der Waals surface area contributed by atoms with E-state index < -0.39 is 0 Å². The lowest BCUT2D eigenvalue weighted by Gasteiger charge is -2.34. The van der Waals surface area contributed by atoms with Gasteiger partial charge >= 0.3 is 5.76 Å². The summed E-state index contributed by atoms with van der Waals surface area (Å²) in [5.41, 5.74) is 2.44. The van der Waals surface area contributed by atoms with Gasteiger partial charge in [0.15, 0.2) is 5.58 Å². The number of unbranched alkanes of at least 4 members (excludes halogenated alkanes) is 2. The fourth-order valence-electron chi connectivity index (χ4n) is 4.02. The Morgan fingerprint density at radius 2 is 1.67 bits per heavy atom. The van der Waals surface area contributed by atoms with E-state index in [4.69, 9.17) is 4.42 Å². The minimum atomic E-state index is -0.329. The van der Waals surface area contributed by atoms with Crippen LogP contribution in [-0.2, 0) is 23.1 Å². The predicted molar refractivity (Wildman–Crippen MR) is 116 cm³/mol. The molecule has 1 N–H and O–H groups in total. The highest BCUT2D eigenvalue weighted by atomic mass is 16.4. The van der Waals surface area contributed by atoms with Crippen LogP contribution >= 0.6 is 0 Å². The Kier molecular flexibility index (Phi) is 7.13. The van der Waals surface area contributed by atoms with Gasteiger partial charge in [0.2, 0.25) is 11.8 Å². The van der Waals surface area contributed by atoms with Gasteiger partial charge in [-0.15, -0.1) is 0 Å². The van der Waals surface area contributed by atoms with E-state index in [1.807, 2.05) is 26.0 Å². The first-order chi connectivity index (χ1) is 14.3. The Morgan fingerprint density at radius 3 is 2.37 bits per heavy atom. The second-order valence-electron chi connectivity index (χ2n) is 9.10. The van der Waals surface area contributed by atoms with Crippen LogP contribution in [0.1, 0.15) is 57.9 Å². The molecule has 1 aliphatic rings. The molecule has 0 aliphatic carbocycles. The second-order valence-corrected chi connectivity index (χ2v) is 9.10. The highest BCUT2D eigenvalue weighted by Gasteiger charge is 2.36. The number of piperidine rings is 1. The molecule has 2 amide bonds. The van der Waals surface area contributed by atoms with E-state index >= 15 is 0 Å². The Labute approximate surface area is 177 Å². The maximum Gasteiger partial charge on any atom is 0.419 e. The van der Waals surface area contributed by atoms with Crippen LogP contribution in [0.2, 0.25) is 0 Å². The van der Waals surface area contributed by atoms with E-state index in [1.54, 1.807) is 7.05 Å². The topological polar surface area (TPSA) is 84.6 Å². The summed E-state index contributed by atoms with van der Waals surface area (Å²) in [5.74, 6) is -0.390. The number of oxazole rings is 1. The second kappa shape index (κ2) is 9.60. The minimum absolute atomic E-state index is 0.0304. The van der Waals surface area contributed by atoms with Gasteiger partial charge in [-0.05, 0) is 68.3 Å². The highest BCUT2D eigenvalue weighted by Crippen LogP contribution is 2.31. The molecule has 30 heavy (non-hydrogen) atoms. The number of amides is 2. The van der Waals surface area contributed by atoms with Gasteiger partial charge in [-0.2, -0.15) is 0 Å². The van der Waals surface area contributed by atoms with Gasteiger partial charge in [0.05, 0.1) is 5.52 Å². The third-order valence-corrected chi connectivity index (χ3v) is 5.77. The summed E-state index contributed by atoms with van der Waals surface area (Å²) in [5, 5.41) is 3.43. The molecule has 0 unspecified atom stereocenters. The Balaban J connectivity index is 1.26. The van der Waals surface area contributed by atoms with Crippen molar-refractivity contribution < 1.29 is 14.0 Å². The normalized spacial score (nSPS) is 16.6. The molecule has 1 aromatic heterocycles. The average Bonchev–Trinajstić information content (AvgIpc) is 2.94. The van der Waals surface area contributed by atoms with Crippen molar-refractivity contribution >= 4 is 22.9 Å². The molecule has 0 bridgehead atoms. The molecule has 1 aromatic carbocycles. The fourth-order valence-corrected chi connectivity index (χ4v) is 4.02. The van der Waals surface area contributed by atoms with Crippen molar-refractivity contribution in [2.75, 3.05) is 19.6 Å². The van der Waals surface area contributed by atoms with Gasteiger partial charge in [-0.1, -0.05) is 19.9 Å². The fraction of sp³-hybridized carbons (Fsp3) is 0.609. The zero-order chi connectivity index (χ0) is 21.7. The molecule has 1 fully saturated rings. The number of carbonyl (C=O) groups excluding carboxylic acids is 2. The molecule has 0 radical (unpaired) electrons. The number of nitrogens with zero attached hydrogens (tertiary/aromatic N) is 2. The molecule has 1 saturated heterocycles. The van der Waals surface area contributed by atoms with Crippen LogP contribution in [0.15, 0.2) is 27.4 Å². The van der Waals surface area contributed by atoms with E-state index in [0.29, 0.717) is 25.0 Å². The summed E-state index contributed by atoms with van der Waals surface area (Å²) >= 11 is 0. The molecule has 0 atom stereocenters. The standard InChI is InChI=1S/C23H33N3O4/c1-23(2)15-20(27)26(21(28)16-23)13-7-6-12-24-11-5-4-8-17-9-10-18-19(14-17)30-22(29)25(18)3/h9-10,14,24H,4-8,11-13,15-16H2,1-3H3.